The summed E-state index contributed by atoms with van der Waals surface area (Å²) in [7, 11) is 0. The van der Waals surface area contributed by atoms with Crippen LogP contribution >= 0.6 is 0 Å². The summed E-state index contributed by atoms with van der Waals surface area (Å²) < 4.78 is 5.10. The molecule has 0 spiro atoms. The molecule has 0 aliphatic carbocycles. The van der Waals surface area contributed by atoms with Crippen molar-refractivity contribution >= 4 is 12.0 Å². The molecule has 0 aromatic heterocycles. The zero-order chi connectivity index (χ0) is 13.7. The van der Waals surface area contributed by atoms with Crippen LogP contribution in [-0.4, -0.2) is 53.8 Å². The third-order valence-electron chi connectivity index (χ3n) is 2.92. The third kappa shape index (κ3) is 3.46. The average molecular weight is 256 g/mol. The minimum atomic E-state index is -0.947. The minimum Gasteiger partial charge on any atom is -0.481 e. The first kappa shape index (κ1) is 14.5. The molecule has 2 amide bonds. The summed E-state index contributed by atoms with van der Waals surface area (Å²) in [4.78, 5) is 24.6. The van der Waals surface area contributed by atoms with Crippen LogP contribution in [0.4, 0.5) is 4.79 Å². The van der Waals surface area contributed by atoms with Crippen molar-refractivity contribution in [3.63, 3.8) is 0 Å². The number of rotatable bonds is 5. The molecule has 1 aliphatic rings. The zero-order valence-corrected chi connectivity index (χ0v) is 10.8. The predicted molar refractivity (Wildman–Crippen MR) is 66.3 cm³/mol. The highest BCUT2D eigenvalue weighted by molar-refractivity contribution is 5.77. The second kappa shape index (κ2) is 6.39. The van der Waals surface area contributed by atoms with Crippen LogP contribution in [0.1, 0.15) is 13.8 Å². The van der Waals surface area contributed by atoms with Gasteiger partial charge < -0.3 is 20.1 Å². The van der Waals surface area contributed by atoms with Gasteiger partial charge in [-0.05, 0) is 13.8 Å². The number of hydrogen-bond acceptors (Lipinski definition) is 3. The zero-order valence-electron chi connectivity index (χ0n) is 10.8. The standard InChI is InChI=1S/C12H20N2O4/c1-4-5-14(8(2)3)12(17)13-10-7-18-6-9(10)11(15)16/h4,8-10H,1,5-7H2,2-3H3,(H,13,17)(H,15,16). The summed E-state index contributed by atoms with van der Waals surface area (Å²) in [6, 6.07) is -0.735. The van der Waals surface area contributed by atoms with E-state index in [-0.39, 0.29) is 25.3 Å². The SMILES string of the molecule is C=CCN(C(=O)NC1COCC1C(=O)O)C(C)C. The number of urea groups is 1. The summed E-state index contributed by atoms with van der Waals surface area (Å²) in [5, 5.41) is 11.7. The lowest BCUT2D eigenvalue weighted by atomic mass is 10.0. The highest BCUT2D eigenvalue weighted by Gasteiger charge is 2.35. The van der Waals surface area contributed by atoms with E-state index in [1.165, 1.54) is 0 Å². The molecule has 1 heterocycles. The monoisotopic (exact) mass is 256 g/mol. The molecule has 0 radical (unpaired) electrons. The van der Waals surface area contributed by atoms with E-state index in [9.17, 15) is 9.59 Å². The van der Waals surface area contributed by atoms with E-state index in [1.807, 2.05) is 13.8 Å². The lowest BCUT2D eigenvalue weighted by Crippen LogP contribution is -2.50. The maximum absolute atomic E-state index is 12.0. The summed E-state index contributed by atoms with van der Waals surface area (Å²) in [6.45, 7) is 8.19. The molecule has 0 bridgehead atoms. The number of carboxylic acid groups (broad SMARTS) is 1. The molecule has 1 rings (SSSR count). The quantitative estimate of drug-likeness (QED) is 0.709. The summed E-state index contributed by atoms with van der Waals surface area (Å²) in [6.07, 6.45) is 1.64. The molecule has 2 atom stereocenters. The van der Waals surface area contributed by atoms with Crippen molar-refractivity contribution in [2.45, 2.75) is 25.9 Å². The lowest BCUT2D eigenvalue weighted by molar-refractivity contribution is -0.142. The summed E-state index contributed by atoms with van der Waals surface area (Å²) in [5.41, 5.74) is 0. The van der Waals surface area contributed by atoms with E-state index in [0.717, 1.165) is 0 Å². The van der Waals surface area contributed by atoms with E-state index in [0.29, 0.717) is 6.54 Å². The molecule has 0 aromatic carbocycles. The van der Waals surface area contributed by atoms with Crippen LogP contribution in [0, 0.1) is 5.92 Å². The average Bonchev–Trinajstić information content (AvgIpc) is 2.73. The first-order valence-corrected chi connectivity index (χ1v) is 5.96. The van der Waals surface area contributed by atoms with Crippen LogP contribution in [0.15, 0.2) is 12.7 Å². The van der Waals surface area contributed by atoms with Crippen LogP contribution in [0.2, 0.25) is 0 Å². The smallest absolute Gasteiger partial charge is 0.318 e. The number of carboxylic acids is 1. The topological polar surface area (TPSA) is 78.9 Å². The number of amides is 2. The van der Waals surface area contributed by atoms with Gasteiger partial charge in [0.2, 0.25) is 0 Å². The van der Waals surface area contributed by atoms with Gasteiger partial charge in [-0.15, -0.1) is 6.58 Å². The van der Waals surface area contributed by atoms with Crippen molar-refractivity contribution in [2.75, 3.05) is 19.8 Å². The number of ether oxygens (including phenoxy) is 1. The molecule has 6 heteroatoms. The number of nitrogens with one attached hydrogen (secondary N) is 1. The fourth-order valence-electron chi connectivity index (χ4n) is 1.85. The predicted octanol–water partition coefficient (Wildman–Crippen LogP) is 0.692. The van der Waals surface area contributed by atoms with E-state index in [1.54, 1.807) is 11.0 Å². The Bertz CT molecular complexity index is 330. The highest BCUT2D eigenvalue weighted by Crippen LogP contribution is 2.14. The van der Waals surface area contributed by atoms with Crippen molar-refractivity contribution in [3.8, 4) is 0 Å². The Hall–Kier alpha value is -1.56. The van der Waals surface area contributed by atoms with Crippen molar-refractivity contribution in [1.29, 1.82) is 0 Å². The molecule has 0 aromatic rings. The van der Waals surface area contributed by atoms with Crippen LogP contribution in [-0.2, 0) is 9.53 Å². The molecular weight excluding hydrogens is 236 g/mol. The Balaban J connectivity index is 2.62. The Morgan fingerprint density at radius 1 is 1.56 bits per heavy atom. The van der Waals surface area contributed by atoms with Crippen LogP contribution in [0.3, 0.4) is 0 Å². The first-order chi connectivity index (χ1) is 8.47. The van der Waals surface area contributed by atoms with Crippen molar-refractivity contribution in [1.82, 2.24) is 10.2 Å². The van der Waals surface area contributed by atoms with Gasteiger partial charge in [0.1, 0.15) is 5.92 Å². The molecule has 1 aliphatic heterocycles. The van der Waals surface area contributed by atoms with E-state index < -0.39 is 17.9 Å². The van der Waals surface area contributed by atoms with E-state index in [4.69, 9.17) is 9.84 Å². The Labute approximate surface area is 107 Å². The van der Waals surface area contributed by atoms with Gasteiger partial charge in [-0.1, -0.05) is 6.08 Å². The fourth-order valence-corrected chi connectivity index (χ4v) is 1.85. The van der Waals surface area contributed by atoms with E-state index >= 15 is 0 Å². The second-order valence-corrected chi connectivity index (χ2v) is 4.57. The van der Waals surface area contributed by atoms with Gasteiger partial charge in [0.15, 0.2) is 0 Å². The van der Waals surface area contributed by atoms with Gasteiger partial charge in [0.05, 0.1) is 19.3 Å². The van der Waals surface area contributed by atoms with Crippen LogP contribution in [0.25, 0.3) is 0 Å². The summed E-state index contributed by atoms with van der Waals surface area (Å²) >= 11 is 0. The van der Waals surface area contributed by atoms with Gasteiger partial charge in [-0.25, -0.2) is 4.79 Å². The molecule has 0 saturated carbocycles. The molecule has 1 saturated heterocycles. The van der Waals surface area contributed by atoms with Crippen LogP contribution in [0.5, 0.6) is 0 Å². The molecule has 102 valence electrons. The molecular formula is C12H20N2O4. The largest absolute Gasteiger partial charge is 0.481 e. The van der Waals surface area contributed by atoms with Gasteiger partial charge in [0.25, 0.3) is 0 Å². The van der Waals surface area contributed by atoms with E-state index in [2.05, 4.69) is 11.9 Å². The summed E-state index contributed by atoms with van der Waals surface area (Å²) in [5.74, 6) is -1.62. The van der Waals surface area contributed by atoms with Crippen LogP contribution < -0.4 is 5.32 Å². The second-order valence-electron chi connectivity index (χ2n) is 4.57. The number of carbonyl (C=O) groups excluding carboxylic acids is 1. The molecule has 18 heavy (non-hydrogen) atoms. The molecule has 2 N–H and O–H groups in total. The fraction of sp³-hybridized carbons (Fsp3) is 0.667. The van der Waals surface area contributed by atoms with Gasteiger partial charge >= 0.3 is 12.0 Å². The van der Waals surface area contributed by atoms with Crippen molar-refractivity contribution in [3.05, 3.63) is 12.7 Å². The number of hydrogen-bond donors (Lipinski definition) is 2. The van der Waals surface area contributed by atoms with Crippen molar-refractivity contribution < 1.29 is 19.4 Å². The first-order valence-electron chi connectivity index (χ1n) is 5.96. The van der Waals surface area contributed by atoms with Gasteiger partial charge in [-0.2, -0.15) is 0 Å². The van der Waals surface area contributed by atoms with Gasteiger partial charge in [0, 0.05) is 12.6 Å². The minimum absolute atomic E-state index is 0.0219. The number of nitrogens with zero attached hydrogens (tertiary/aromatic N) is 1. The van der Waals surface area contributed by atoms with Crippen molar-refractivity contribution in [2.24, 2.45) is 5.92 Å². The third-order valence-corrected chi connectivity index (χ3v) is 2.92. The maximum atomic E-state index is 12.0. The number of aliphatic carboxylic acids is 1. The lowest BCUT2D eigenvalue weighted by Gasteiger charge is -2.28. The Kier molecular flexibility index (Phi) is 5.15. The number of carbonyl (C=O) groups is 2. The maximum Gasteiger partial charge on any atom is 0.318 e. The highest BCUT2D eigenvalue weighted by atomic mass is 16.5. The molecule has 2 unspecified atom stereocenters. The molecule has 6 nitrogen and oxygen atoms in total. The Morgan fingerprint density at radius 2 is 2.22 bits per heavy atom. The van der Waals surface area contributed by atoms with Gasteiger partial charge in [-0.3, -0.25) is 4.79 Å². The Morgan fingerprint density at radius 3 is 2.72 bits per heavy atom. The normalized spacial score (nSPS) is 22.8. The molecule has 1 fully saturated rings.